The van der Waals surface area contributed by atoms with Gasteiger partial charge in [-0.15, -0.1) is 0 Å². The monoisotopic (exact) mass is 274 g/mol. The highest BCUT2D eigenvalue weighted by Gasteiger charge is 2.15. The number of amides is 1. The maximum atomic E-state index is 12.3. The molecule has 6 nitrogen and oxygen atoms in total. The van der Waals surface area contributed by atoms with E-state index in [4.69, 9.17) is 5.73 Å². The molecule has 2 aromatic rings. The van der Waals surface area contributed by atoms with Crippen LogP contribution in [-0.4, -0.2) is 15.0 Å². The Hall–Kier alpha value is -2.50. The van der Waals surface area contributed by atoms with Crippen LogP contribution in [-0.2, 0) is 7.05 Å². The fraction of sp³-hybridized carbons (Fsp3) is 0.286. The van der Waals surface area contributed by atoms with Crippen molar-refractivity contribution in [2.45, 2.75) is 19.9 Å². The van der Waals surface area contributed by atoms with Gasteiger partial charge in [0.1, 0.15) is 5.69 Å². The summed E-state index contributed by atoms with van der Waals surface area (Å²) in [5, 5.41) is 2.76. The standard InChI is InChI=1S/C14H18N4O2/c1-9(2)18-7-10(15)6-12(18)14(20)16-11-4-5-13(19)17(3)8-11/h4-9H,15H2,1-3H3,(H,16,20). The van der Waals surface area contributed by atoms with Crippen molar-refractivity contribution in [1.82, 2.24) is 9.13 Å². The first-order valence-electron chi connectivity index (χ1n) is 6.34. The van der Waals surface area contributed by atoms with Crippen molar-refractivity contribution in [3.05, 3.63) is 46.6 Å². The molecule has 0 bridgehead atoms. The van der Waals surface area contributed by atoms with Gasteiger partial charge in [-0.05, 0) is 26.0 Å². The second kappa shape index (κ2) is 5.24. The number of nitrogens with zero attached hydrogens (tertiary/aromatic N) is 2. The van der Waals surface area contributed by atoms with Gasteiger partial charge in [0.15, 0.2) is 0 Å². The molecule has 0 unspecified atom stereocenters. The van der Waals surface area contributed by atoms with Gasteiger partial charge in [-0.3, -0.25) is 9.59 Å². The van der Waals surface area contributed by atoms with Crippen molar-refractivity contribution < 1.29 is 4.79 Å². The Morgan fingerprint density at radius 1 is 1.30 bits per heavy atom. The van der Waals surface area contributed by atoms with E-state index in [1.54, 1.807) is 31.6 Å². The summed E-state index contributed by atoms with van der Waals surface area (Å²) in [6, 6.07) is 4.75. The predicted octanol–water partition coefficient (Wildman–Crippen LogP) is 1.60. The van der Waals surface area contributed by atoms with Gasteiger partial charge in [0.25, 0.3) is 5.91 Å². The van der Waals surface area contributed by atoms with Crippen LogP contribution < -0.4 is 16.6 Å². The zero-order valence-corrected chi connectivity index (χ0v) is 11.8. The average Bonchev–Trinajstić information content (AvgIpc) is 2.76. The molecule has 0 saturated carbocycles. The van der Waals surface area contributed by atoms with Gasteiger partial charge in [-0.1, -0.05) is 0 Å². The molecule has 0 radical (unpaired) electrons. The van der Waals surface area contributed by atoms with Crippen molar-refractivity contribution in [3.8, 4) is 0 Å². The van der Waals surface area contributed by atoms with Crippen LogP contribution in [0.25, 0.3) is 0 Å². The van der Waals surface area contributed by atoms with Gasteiger partial charge >= 0.3 is 0 Å². The third-order valence-electron chi connectivity index (χ3n) is 3.00. The van der Waals surface area contributed by atoms with Crippen LogP contribution in [0.3, 0.4) is 0 Å². The number of nitrogens with two attached hydrogens (primary N) is 1. The van der Waals surface area contributed by atoms with E-state index < -0.39 is 0 Å². The van der Waals surface area contributed by atoms with Crippen LogP contribution in [0, 0.1) is 0 Å². The zero-order chi connectivity index (χ0) is 14.9. The smallest absolute Gasteiger partial charge is 0.272 e. The van der Waals surface area contributed by atoms with Crippen LogP contribution in [0.15, 0.2) is 35.4 Å². The van der Waals surface area contributed by atoms with E-state index in [0.29, 0.717) is 17.1 Å². The Morgan fingerprint density at radius 3 is 2.60 bits per heavy atom. The molecule has 1 amide bonds. The summed E-state index contributed by atoms with van der Waals surface area (Å²) in [6.07, 6.45) is 3.31. The molecule has 2 rings (SSSR count). The van der Waals surface area contributed by atoms with Crippen LogP contribution in [0.1, 0.15) is 30.4 Å². The number of pyridine rings is 1. The highest BCUT2D eigenvalue weighted by Crippen LogP contribution is 2.17. The lowest BCUT2D eigenvalue weighted by Gasteiger charge is -2.12. The summed E-state index contributed by atoms with van der Waals surface area (Å²) in [5.74, 6) is -0.256. The molecule has 6 heteroatoms. The molecule has 106 valence electrons. The van der Waals surface area contributed by atoms with Crippen LogP contribution >= 0.6 is 0 Å². The number of hydrogen-bond acceptors (Lipinski definition) is 3. The van der Waals surface area contributed by atoms with Crippen molar-refractivity contribution in [2.75, 3.05) is 11.1 Å². The number of carbonyl (C=O) groups is 1. The molecule has 0 saturated heterocycles. The Morgan fingerprint density at radius 2 is 2.00 bits per heavy atom. The molecule has 0 fully saturated rings. The molecular weight excluding hydrogens is 256 g/mol. The Kier molecular flexibility index (Phi) is 3.65. The Balaban J connectivity index is 2.28. The van der Waals surface area contributed by atoms with Crippen LogP contribution in [0.2, 0.25) is 0 Å². The highest BCUT2D eigenvalue weighted by atomic mass is 16.2. The van der Waals surface area contributed by atoms with Gasteiger partial charge in [0.05, 0.1) is 11.4 Å². The van der Waals surface area contributed by atoms with E-state index in [0.717, 1.165) is 0 Å². The number of carbonyl (C=O) groups excluding carboxylic acids is 1. The topological polar surface area (TPSA) is 82.1 Å². The van der Waals surface area contributed by atoms with E-state index in [1.807, 2.05) is 18.4 Å². The molecule has 0 spiro atoms. The molecule has 0 aliphatic heterocycles. The van der Waals surface area contributed by atoms with E-state index in [1.165, 1.54) is 10.6 Å². The van der Waals surface area contributed by atoms with Crippen molar-refractivity contribution in [1.29, 1.82) is 0 Å². The molecule has 3 N–H and O–H groups in total. The first-order chi connectivity index (χ1) is 9.38. The summed E-state index contributed by atoms with van der Waals surface area (Å²) in [5.41, 5.74) is 7.22. The first kappa shape index (κ1) is 13.9. The summed E-state index contributed by atoms with van der Waals surface area (Å²) in [4.78, 5) is 23.6. The number of nitrogen functional groups attached to an aromatic ring is 1. The predicted molar refractivity (Wildman–Crippen MR) is 78.9 cm³/mol. The first-order valence-corrected chi connectivity index (χ1v) is 6.34. The normalized spacial score (nSPS) is 10.8. The lowest BCUT2D eigenvalue weighted by atomic mass is 10.3. The van der Waals surface area contributed by atoms with Gasteiger partial charge in [-0.2, -0.15) is 0 Å². The molecule has 20 heavy (non-hydrogen) atoms. The average molecular weight is 274 g/mol. The number of rotatable bonds is 3. The fourth-order valence-corrected chi connectivity index (χ4v) is 1.97. The third-order valence-corrected chi connectivity index (χ3v) is 3.00. The second-order valence-electron chi connectivity index (χ2n) is 4.98. The van der Waals surface area contributed by atoms with Crippen LogP contribution in [0.4, 0.5) is 11.4 Å². The molecule has 2 heterocycles. The summed E-state index contributed by atoms with van der Waals surface area (Å²) < 4.78 is 3.22. The lowest BCUT2D eigenvalue weighted by molar-refractivity contribution is 0.101. The maximum absolute atomic E-state index is 12.3. The Bertz CT molecular complexity index is 697. The number of hydrogen-bond donors (Lipinski definition) is 2. The molecule has 0 aliphatic carbocycles. The quantitative estimate of drug-likeness (QED) is 0.892. The van der Waals surface area contributed by atoms with Gasteiger partial charge < -0.3 is 20.2 Å². The lowest BCUT2D eigenvalue weighted by Crippen LogP contribution is -2.20. The van der Waals surface area contributed by atoms with E-state index in [-0.39, 0.29) is 17.5 Å². The van der Waals surface area contributed by atoms with Crippen molar-refractivity contribution in [2.24, 2.45) is 7.05 Å². The summed E-state index contributed by atoms with van der Waals surface area (Å²) in [7, 11) is 1.63. The van der Waals surface area contributed by atoms with Crippen LogP contribution in [0.5, 0.6) is 0 Å². The second-order valence-corrected chi connectivity index (χ2v) is 4.98. The SMILES string of the molecule is CC(C)n1cc(N)cc1C(=O)Nc1ccc(=O)n(C)c1. The molecule has 0 aliphatic rings. The van der Waals surface area contributed by atoms with Gasteiger partial charge in [0.2, 0.25) is 5.56 Å². The summed E-state index contributed by atoms with van der Waals surface area (Å²) >= 11 is 0. The van der Waals surface area contributed by atoms with E-state index in [9.17, 15) is 9.59 Å². The maximum Gasteiger partial charge on any atom is 0.272 e. The Labute approximate surface area is 116 Å². The van der Waals surface area contributed by atoms with E-state index >= 15 is 0 Å². The largest absolute Gasteiger partial charge is 0.397 e. The van der Waals surface area contributed by atoms with Crippen molar-refractivity contribution >= 4 is 17.3 Å². The summed E-state index contributed by atoms with van der Waals surface area (Å²) in [6.45, 7) is 3.95. The minimum Gasteiger partial charge on any atom is -0.397 e. The number of anilines is 2. The third kappa shape index (κ3) is 2.74. The fourth-order valence-electron chi connectivity index (χ4n) is 1.97. The van der Waals surface area contributed by atoms with Crippen molar-refractivity contribution in [3.63, 3.8) is 0 Å². The number of nitrogens with one attached hydrogen (secondary N) is 1. The minimum atomic E-state index is -0.256. The molecule has 0 aromatic carbocycles. The number of aromatic nitrogens is 2. The highest BCUT2D eigenvalue weighted by molar-refractivity contribution is 6.03. The van der Waals surface area contributed by atoms with E-state index in [2.05, 4.69) is 5.32 Å². The molecule has 0 atom stereocenters. The van der Waals surface area contributed by atoms with Gasteiger partial charge in [0, 0.05) is 31.5 Å². The molecular formula is C14H18N4O2. The van der Waals surface area contributed by atoms with Gasteiger partial charge in [-0.25, -0.2) is 0 Å². The number of aryl methyl sites for hydroxylation is 1. The minimum absolute atomic E-state index is 0.127. The zero-order valence-electron chi connectivity index (χ0n) is 11.8. The molecule has 2 aromatic heterocycles.